The molecule has 7 nitrogen and oxygen atoms in total. The van der Waals surface area contributed by atoms with E-state index in [1.54, 1.807) is 6.07 Å². The molecule has 1 heterocycles. The SMILES string of the molecule is COC(=O)c1cc(CC(=O)O)c2c(c1)C[C@]1(O2)[C@H](C)CC[C@H](OC(C)=O)C1(C)C. The van der Waals surface area contributed by atoms with Crippen molar-refractivity contribution in [2.75, 3.05) is 7.11 Å². The van der Waals surface area contributed by atoms with Gasteiger partial charge in [-0.25, -0.2) is 4.79 Å². The van der Waals surface area contributed by atoms with Gasteiger partial charge >= 0.3 is 17.9 Å². The van der Waals surface area contributed by atoms with E-state index >= 15 is 0 Å². The number of fused-ring (bicyclic) bond motifs is 1. The second kappa shape index (κ2) is 7.35. The summed E-state index contributed by atoms with van der Waals surface area (Å²) in [7, 11) is 1.29. The predicted molar refractivity (Wildman–Crippen MR) is 104 cm³/mol. The maximum atomic E-state index is 12.1. The van der Waals surface area contributed by atoms with Crippen LogP contribution in [0.2, 0.25) is 0 Å². The number of methoxy groups -OCH3 is 1. The smallest absolute Gasteiger partial charge is 0.337 e. The van der Waals surface area contributed by atoms with Crippen molar-refractivity contribution in [2.45, 2.75) is 65.1 Å². The zero-order valence-corrected chi connectivity index (χ0v) is 17.5. The molecule has 0 radical (unpaired) electrons. The van der Waals surface area contributed by atoms with E-state index in [9.17, 15) is 19.5 Å². The Labute approximate surface area is 170 Å². The lowest BCUT2D eigenvalue weighted by atomic mass is 9.58. The Hall–Kier alpha value is -2.57. The number of carboxylic acid groups (broad SMARTS) is 1. The molecule has 1 N–H and O–H groups in total. The number of ether oxygens (including phenoxy) is 3. The molecule has 1 spiro atoms. The summed E-state index contributed by atoms with van der Waals surface area (Å²) in [5.74, 6) is -1.19. The van der Waals surface area contributed by atoms with Crippen molar-refractivity contribution in [1.82, 2.24) is 0 Å². The van der Waals surface area contributed by atoms with Gasteiger partial charge in [0.2, 0.25) is 0 Å². The fourth-order valence-electron chi connectivity index (χ4n) is 4.99. The highest BCUT2D eigenvalue weighted by Crippen LogP contribution is 2.56. The summed E-state index contributed by atoms with van der Waals surface area (Å²) >= 11 is 0. The van der Waals surface area contributed by atoms with E-state index in [1.165, 1.54) is 20.1 Å². The van der Waals surface area contributed by atoms with Crippen LogP contribution < -0.4 is 4.74 Å². The largest absolute Gasteiger partial charge is 0.485 e. The fourth-order valence-corrected chi connectivity index (χ4v) is 4.99. The van der Waals surface area contributed by atoms with E-state index in [-0.39, 0.29) is 24.4 Å². The summed E-state index contributed by atoms with van der Waals surface area (Å²) in [4.78, 5) is 35.2. The van der Waals surface area contributed by atoms with Crippen LogP contribution in [0.3, 0.4) is 0 Å². The van der Waals surface area contributed by atoms with Gasteiger partial charge in [0.25, 0.3) is 0 Å². The minimum Gasteiger partial charge on any atom is -0.485 e. The van der Waals surface area contributed by atoms with Gasteiger partial charge in [0.1, 0.15) is 17.5 Å². The highest BCUT2D eigenvalue weighted by Gasteiger charge is 2.61. The quantitative estimate of drug-likeness (QED) is 0.770. The van der Waals surface area contributed by atoms with Gasteiger partial charge in [-0.05, 0) is 36.5 Å². The second-order valence-corrected chi connectivity index (χ2v) is 8.65. The number of esters is 2. The Morgan fingerprint density at radius 1 is 1.24 bits per heavy atom. The monoisotopic (exact) mass is 404 g/mol. The van der Waals surface area contributed by atoms with Crippen LogP contribution >= 0.6 is 0 Å². The van der Waals surface area contributed by atoms with Crippen LogP contribution in [0.1, 0.15) is 62.0 Å². The average molecular weight is 404 g/mol. The maximum Gasteiger partial charge on any atom is 0.337 e. The molecule has 0 amide bonds. The first kappa shape index (κ1) is 21.1. The van der Waals surface area contributed by atoms with E-state index in [1.807, 2.05) is 13.8 Å². The van der Waals surface area contributed by atoms with E-state index in [0.29, 0.717) is 23.3 Å². The summed E-state index contributed by atoms with van der Waals surface area (Å²) in [5, 5.41) is 9.35. The van der Waals surface area contributed by atoms with Crippen LogP contribution in [0.15, 0.2) is 12.1 Å². The third kappa shape index (κ3) is 3.47. The first-order valence-corrected chi connectivity index (χ1v) is 9.84. The molecule has 1 aliphatic carbocycles. The third-order valence-electron chi connectivity index (χ3n) is 6.60. The van der Waals surface area contributed by atoms with Crippen molar-refractivity contribution < 1.29 is 33.7 Å². The minimum atomic E-state index is -1.01. The summed E-state index contributed by atoms with van der Waals surface area (Å²) in [6.45, 7) is 7.56. The molecule has 2 aliphatic rings. The minimum absolute atomic E-state index is 0.149. The van der Waals surface area contributed by atoms with Gasteiger partial charge in [-0.15, -0.1) is 0 Å². The van der Waals surface area contributed by atoms with Crippen molar-refractivity contribution in [1.29, 1.82) is 0 Å². The number of hydrogen-bond acceptors (Lipinski definition) is 6. The number of benzene rings is 1. The van der Waals surface area contributed by atoms with Gasteiger partial charge in [-0.1, -0.05) is 20.8 Å². The lowest BCUT2D eigenvalue weighted by molar-refractivity contribution is -0.186. The first-order chi connectivity index (χ1) is 13.5. The molecule has 1 aliphatic heterocycles. The Balaban J connectivity index is 2.09. The molecule has 158 valence electrons. The summed E-state index contributed by atoms with van der Waals surface area (Å²) in [6.07, 6.45) is 1.49. The molecular formula is C22H28O7. The number of aliphatic carboxylic acids is 1. The zero-order valence-electron chi connectivity index (χ0n) is 17.5. The second-order valence-electron chi connectivity index (χ2n) is 8.65. The molecule has 1 aromatic rings. The van der Waals surface area contributed by atoms with Crippen molar-refractivity contribution in [3.8, 4) is 5.75 Å². The van der Waals surface area contributed by atoms with E-state index in [0.717, 1.165) is 18.4 Å². The van der Waals surface area contributed by atoms with Crippen LogP contribution in [-0.4, -0.2) is 41.8 Å². The standard InChI is InChI=1S/C22H28O7/c1-12-6-7-17(28-13(2)23)21(3,4)22(12)11-16-9-15(20(26)27-5)8-14(10-18(24)25)19(16)29-22/h8-9,12,17H,6-7,10-11H2,1-5H3,(H,24,25)/t12-,17+,22+/m1/s1. The number of carbonyl (C=O) groups is 3. The van der Waals surface area contributed by atoms with E-state index < -0.39 is 23.0 Å². The van der Waals surface area contributed by atoms with Crippen molar-refractivity contribution in [3.63, 3.8) is 0 Å². The van der Waals surface area contributed by atoms with Crippen molar-refractivity contribution in [2.24, 2.45) is 11.3 Å². The van der Waals surface area contributed by atoms with Gasteiger partial charge in [-0.3, -0.25) is 9.59 Å². The third-order valence-corrected chi connectivity index (χ3v) is 6.60. The molecule has 1 saturated carbocycles. The zero-order chi connectivity index (χ0) is 21.6. The molecule has 0 unspecified atom stereocenters. The van der Waals surface area contributed by atoms with E-state index in [4.69, 9.17) is 14.2 Å². The molecule has 1 fully saturated rings. The topological polar surface area (TPSA) is 99.1 Å². The molecule has 0 bridgehead atoms. The Kier molecular flexibility index (Phi) is 5.36. The summed E-state index contributed by atoms with van der Waals surface area (Å²) in [6, 6.07) is 3.25. The maximum absolute atomic E-state index is 12.1. The van der Waals surface area contributed by atoms with Gasteiger partial charge in [-0.2, -0.15) is 0 Å². The van der Waals surface area contributed by atoms with Gasteiger partial charge in [0.15, 0.2) is 0 Å². The number of hydrogen-bond donors (Lipinski definition) is 1. The molecule has 29 heavy (non-hydrogen) atoms. The first-order valence-electron chi connectivity index (χ1n) is 9.84. The Bertz CT molecular complexity index is 857. The van der Waals surface area contributed by atoms with Crippen molar-refractivity contribution >= 4 is 17.9 Å². The predicted octanol–water partition coefficient (Wildman–Crippen LogP) is 3.16. The van der Waals surface area contributed by atoms with Crippen LogP contribution in [0, 0.1) is 11.3 Å². The molecule has 0 saturated heterocycles. The highest BCUT2D eigenvalue weighted by atomic mass is 16.6. The number of carboxylic acids is 1. The average Bonchev–Trinajstić information content (AvgIpc) is 3.03. The van der Waals surface area contributed by atoms with Gasteiger partial charge in [0.05, 0.1) is 19.1 Å². The molecule has 7 heteroatoms. The fraction of sp³-hybridized carbons (Fsp3) is 0.591. The van der Waals surface area contributed by atoms with Crippen LogP contribution in [0.5, 0.6) is 5.75 Å². The Morgan fingerprint density at radius 2 is 1.93 bits per heavy atom. The summed E-state index contributed by atoms with van der Waals surface area (Å²) in [5.41, 5.74) is 0.357. The van der Waals surface area contributed by atoms with Crippen LogP contribution in [-0.2, 0) is 31.9 Å². The molecule has 0 aromatic heterocycles. The summed E-state index contributed by atoms with van der Waals surface area (Å²) < 4.78 is 17.0. The van der Waals surface area contributed by atoms with Gasteiger partial charge in [0, 0.05) is 24.3 Å². The molecule has 1 aromatic carbocycles. The highest BCUT2D eigenvalue weighted by molar-refractivity contribution is 5.90. The van der Waals surface area contributed by atoms with Crippen LogP contribution in [0.25, 0.3) is 0 Å². The normalized spacial score (nSPS) is 27.1. The molecule has 3 atom stereocenters. The van der Waals surface area contributed by atoms with Crippen LogP contribution in [0.4, 0.5) is 0 Å². The number of rotatable bonds is 4. The lowest BCUT2D eigenvalue weighted by Gasteiger charge is -2.54. The van der Waals surface area contributed by atoms with Crippen molar-refractivity contribution in [3.05, 3.63) is 28.8 Å². The number of carbonyl (C=O) groups excluding carboxylic acids is 2. The Morgan fingerprint density at radius 3 is 2.52 bits per heavy atom. The molecular weight excluding hydrogens is 376 g/mol. The lowest BCUT2D eigenvalue weighted by Crippen LogP contribution is -2.62. The van der Waals surface area contributed by atoms with Gasteiger partial charge < -0.3 is 19.3 Å². The van der Waals surface area contributed by atoms with E-state index in [2.05, 4.69) is 6.92 Å². The molecule has 3 rings (SSSR count).